The van der Waals surface area contributed by atoms with Crippen molar-refractivity contribution in [3.8, 4) is 17.6 Å². The van der Waals surface area contributed by atoms with Crippen molar-refractivity contribution < 1.29 is 23.8 Å². The number of anilines is 1. The fraction of sp³-hybridized carbons (Fsp3) is 0.0870. The summed E-state index contributed by atoms with van der Waals surface area (Å²) in [6.45, 7) is 0. The van der Waals surface area contributed by atoms with Crippen LogP contribution < -0.4 is 9.64 Å². The summed E-state index contributed by atoms with van der Waals surface area (Å²) in [7, 11) is 2.47. The lowest BCUT2D eigenvalue weighted by atomic mass is 10.1. The molecule has 3 rings (SSSR count). The molecule has 0 radical (unpaired) electrons. The highest BCUT2D eigenvalue weighted by Gasteiger charge is 2.28. The van der Waals surface area contributed by atoms with Gasteiger partial charge in [0.2, 0.25) is 0 Å². The Bertz CT molecular complexity index is 1090. The van der Waals surface area contributed by atoms with Gasteiger partial charge in [-0.2, -0.15) is 5.26 Å². The number of carbonyl (C=O) groups excluding carboxylic acids is 2. The van der Waals surface area contributed by atoms with E-state index in [4.69, 9.17) is 19.5 Å². The molecule has 0 aliphatic carbocycles. The molecule has 0 spiro atoms. The molecule has 1 aliphatic heterocycles. The van der Waals surface area contributed by atoms with Gasteiger partial charge >= 0.3 is 11.9 Å². The van der Waals surface area contributed by atoms with E-state index in [0.717, 1.165) is 0 Å². The average molecular weight is 402 g/mol. The monoisotopic (exact) mass is 402 g/mol. The highest BCUT2D eigenvalue weighted by atomic mass is 16.5. The van der Waals surface area contributed by atoms with Crippen molar-refractivity contribution in [2.45, 2.75) is 0 Å². The Hall–Kier alpha value is -4.31. The molecule has 7 nitrogen and oxygen atoms in total. The fourth-order valence-electron chi connectivity index (χ4n) is 2.82. The zero-order valence-electron chi connectivity index (χ0n) is 16.4. The lowest BCUT2D eigenvalue weighted by Crippen LogP contribution is -2.27. The first kappa shape index (κ1) is 20.4. The quantitative estimate of drug-likeness (QED) is 0.702. The van der Waals surface area contributed by atoms with Gasteiger partial charge in [-0.15, -0.1) is 0 Å². The predicted molar refractivity (Wildman–Crippen MR) is 109 cm³/mol. The molecule has 1 heterocycles. The van der Waals surface area contributed by atoms with E-state index >= 15 is 0 Å². The second-order valence-electron chi connectivity index (χ2n) is 6.02. The fourth-order valence-corrected chi connectivity index (χ4v) is 2.82. The van der Waals surface area contributed by atoms with Gasteiger partial charge in [0.15, 0.2) is 5.75 Å². The van der Waals surface area contributed by atoms with Gasteiger partial charge in [0.1, 0.15) is 11.4 Å². The van der Waals surface area contributed by atoms with Crippen molar-refractivity contribution in [1.82, 2.24) is 0 Å². The van der Waals surface area contributed by atoms with Crippen LogP contribution in [0.3, 0.4) is 0 Å². The maximum atomic E-state index is 12.6. The van der Waals surface area contributed by atoms with Crippen LogP contribution in [0.5, 0.6) is 11.5 Å². The van der Waals surface area contributed by atoms with Gasteiger partial charge in [0.25, 0.3) is 0 Å². The van der Waals surface area contributed by atoms with Crippen molar-refractivity contribution >= 4 is 17.6 Å². The Morgan fingerprint density at radius 1 is 0.933 bits per heavy atom. The third-order valence-electron chi connectivity index (χ3n) is 4.23. The molecule has 0 N–H and O–H groups in total. The summed E-state index contributed by atoms with van der Waals surface area (Å²) in [6.07, 6.45) is 6.41. The molecule has 30 heavy (non-hydrogen) atoms. The van der Waals surface area contributed by atoms with Crippen molar-refractivity contribution in [1.29, 1.82) is 5.26 Å². The highest BCUT2D eigenvalue weighted by Crippen LogP contribution is 2.36. The molecule has 7 heteroatoms. The van der Waals surface area contributed by atoms with Gasteiger partial charge in [-0.1, -0.05) is 18.2 Å². The van der Waals surface area contributed by atoms with Crippen LogP contribution in [0.2, 0.25) is 0 Å². The molecule has 0 saturated carbocycles. The van der Waals surface area contributed by atoms with Crippen LogP contribution in [0, 0.1) is 11.3 Å². The second-order valence-corrected chi connectivity index (χ2v) is 6.02. The lowest BCUT2D eigenvalue weighted by molar-refractivity contribution is -0.139. The first-order valence-corrected chi connectivity index (χ1v) is 8.91. The normalized spacial score (nSPS) is 12.8. The SMILES string of the molecule is COC(=O)C1=C(C(=O)OC)N(c2ccccc2Oc2ccc(C#N)cc2)C=CC=C1. The standard InChI is InChI=1S/C23H18N2O5/c1-28-22(26)18-7-5-6-14-25(21(18)23(27)29-2)19-8-3-4-9-20(19)30-17-12-10-16(15-24)11-13-17/h3-14H,1-2H3. The summed E-state index contributed by atoms with van der Waals surface area (Å²) >= 11 is 0. The number of esters is 2. The summed E-state index contributed by atoms with van der Waals surface area (Å²) in [6, 6.07) is 15.7. The van der Waals surface area contributed by atoms with E-state index in [1.54, 1.807) is 66.9 Å². The molecular formula is C23H18N2O5. The predicted octanol–water partition coefficient (Wildman–Crippen LogP) is 3.84. The van der Waals surface area contributed by atoms with Gasteiger partial charge in [-0.05, 0) is 48.6 Å². The Labute approximate surface area is 173 Å². The van der Waals surface area contributed by atoms with Crippen LogP contribution in [0.1, 0.15) is 5.56 Å². The molecule has 0 aromatic heterocycles. The summed E-state index contributed by atoms with van der Waals surface area (Å²) in [5.41, 5.74) is 1.05. The molecule has 0 bridgehead atoms. The molecule has 0 unspecified atom stereocenters. The zero-order chi connectivity index (χ0) is 21.5. The molecule has 1 aliphatic rings. The molecular weight excluding hydrogens is 384 g/mol. The van der Waals surface area contributed by atoms with Crippen LogP contribution in [-0.2, 0) is 19.1 Å². The maximum absolute atomic E-state index is 12.6. The first-order chi connectivity index (χ1) is 14.6. The van der Waals surface area contributed by atoms with Crippen LogP contribution in [0.4, 0.5) is 5.69 Å². The molecule has 2 aromatic rings. The molecule has 0 fully saturated rings. The van der Waals surface area contributed by atoms with Crippen molar-refractivity contribution in [2.24, 2.45) is 0 Å². The minimum absolute atomic E-state index is 0.00905. The molecule has 0 saturated heterocycles. The molecule has 0 atom stereocenters. The van der Waals surface area contributed by atoms with E-state index in [1.807, 2.05) is 0 Å². The molecule has 0 amide bonds. The van der Waals surface area contributed by atoms with Crippen molar-refractivity contribution in [2.75, 3.05) is 19.1 Å². The minimum atomic E-state index is -0.709. The number of allylic oxidation sites excluding steroid dienone is 2. The van der Waals surface area contributed by atoms with E-state index < -0.39 is 11.9 Å². The van der Waals surface area contributed by atoms with E-state index in [9.17, 15) is 9.59 Å². The number of benzene rings is 2. The summed E-state index contributed by atoms with van der Waals surface area (Å²) < 4.78 is 15.7. The third kappa shape index (κ3) is 4.23. The van der Waals surface area contributed by atoms with Gasteiger partial charge in [-0.25, -0.2) is 9.59 Å². The highest BCUT2D eigenvalue weighted by molar-refractivity contribution is 6.05. The van der Waals surface area contributed by atoms with Crippen LogP contribution in [-0.4, -0.2) is 26.2 Å². The Morgan fingerprint density at radius 3 is 2.30 bits per heavy atom. The van der Waals surface area contributed by atoms with E-state index in [0.29, 0.717) is 22.7 Å². The third-order valence-corrected chi connectivity index (χ3v) is 4.23. The van der Waals surface area contributed by atoms with Crippen LogP contribution >= 0.6 is 0 Å². The zero-order valence-corrected chi connectivity index (χ0v) is 16.4. The number of nitriles is 1. The van der Waals surface area contributed by atoms with Crippen molar-refractivity contribution in [3.63, 3.8) is 0 Å². The van der Waals surface area contributed by atoms with E-state index in [1.165, 1.54) is 25.2 Å². The number of hydrogen-bond donors (Lipinski definition) is 0. The molecule has 150 valence electrons. The second kappa shape index (κ2) is 9.26. The number of methoxy groups -OCH3 is 2. The van der Waals surface area contributed by atoms with Crippen LogP contribution in [0.15, 0.2) is 84.2 Å². The Morgan fingerprint density at radius 2 is 1.63 bits per heavy atom. The Kier molecular flexibility index (Phi) is 6.30. The topological polar surface area (TPSA) is 88.9 Å². The smallest absolute Gasteiger partial charge is 0.355 e. The summed E-state index contributed by atoms with van der Waals surface area (Å²) in [5.74, 6) is -0.444. The number of rotatable bonds is 5. The summed E-state index contributed by atoms with van der Waals surface area (Å²) in [5, 5.41) is 8.96. The average Bonchev–Trinajstić information content (AvgIpc) is 3.02. The van der Waals surface area contributed by atoms with E-state index in [-0.39, 0.29) is 11.3 Å². The van der Waals surface area contributed by atoms with Crippen molar-refractivity contribution in [3.05, 3.63) is 89.8 Å². The minimum Gasteiger partial charge on any atom is -0.465 e. The number of para-hydroxylation sites is 2. The van der Waals surface area contributed by atoms with E-state index in [2.05, 4.69) is 6.07 Å². The largest absolute Gasteiger partial charge is 0.465 e. The number of ether oxygens (including phenoxy) is 3. The van der Waals surface area contributed by atoms with Gasteiger partial charge in [0.05, 0.1) is 37.1 Å². The number of hydrogen-bond acceptors (Lipinski definition) is 7. The maximum Gasteiger partial charge on any atom is 0.355 e. The van der Waals surface area contributed by atoms with Gasteiger partial charge < -0.3 is 19.1 Å². The Balaban J connectivity index is 2.10. The molecule has 2 aromatic carbocycles. The van der Waals surface area contributed by atoms with Crippen LogP contribution in [0.25, 0.3) is 0 Å². The summed E-state index contributed by atoms with van der Waals surface area (Å²) in [4.78, 5) is 26.4. The first-order valence-electron chi connectivity index (χ1n) is 8.91. The number of carbonyl (C=O) groups is 2. The lowest BCUT2D eigenvalue weighted by Gasteiger charge is -2.25. The number of nitrogens with zero attached hydrogens (tertiary/aromatic N) is 2. The van der Waals surface area contributed by atoms with Gasteiger partial charge in [-0.3, -0.25) is 0 Å². The van der Waals surface area contributed by atoms with Gasteiger partial charge in [0, 0.05) is 6.20 Å².